The van der Waals surface area contributed by atoms with Crippen LogP contribution in [0.4, 0.5) is 0 Å². The SMILES string of the molecule is CC1CCN(C[C@H]2CO2)C1CO. The second-order valence-corrected chi connectivity index (χ2v) is 3.97. The van der Waals surface area contributed by atoms with Crippen molar-refractivity contribution in [3.05, 3.63) is 0 Å². The highest BCUT2D eigenvalue weighted by atomic mass is 16.6. The van der Waals surface area contributed by atoms with Gasteiger partial charge in [-0.1, -0.05) is 6.92 Å². The van der Waals surface area contributed by atoms with E-state index in [9.17, 15) is 0 Å². The molecular weight excluding hydrogens is 154 g/mol. The average Bonchev–Trinajstić information content (AvgIpc) is 2.78. The molecule has 70 valence electrons. The van der Waals surface area contributed by atoms with E-state index in [-0.39, 0.29) is 0 Å². The third-order valence-corrected chi connectivity index (χ3v) is 3.03. The summed E-state index contributed by atoms with van der Waals surface area (Å²) in [6.45, 7) is 5.59. The van der Waals surface area contributed by atoms with Gasteiger partial charge in [0.25, 0.3) is 0 Å². The van der Waals surface area contributed by atoms with Crippen LogP contribution in [0.5, 0.6) is 0 Å². The fourth-order valence-electron chi connectivity index (χ4n) is 2.04. The Hall–Kier alpha value is -0.120. The summed E-state index contributed by atoms with van der Waals surface area (Å²) in [6.07, 6.45) is 1.68. The predicted octanol–water partition coefficient (Wildman–Crippen LogP) is 0.0879. The van der Waals surface area contributed by atoms with Crippen LogP contribution >= 0.6 is 0 Å². The van der Waals surface area contributed by atoms with Crippen molar-refractivity contribution >= 4 is 0 Å². The fraction of sp³-hybridized carbons (Fsp3) is 1.00. The van der Waals surface area contributed by atoms with E-state index in [1.54, 1.807) is 0 Å². The van der Waals surface area contributed by atoms with Gasteiger partial charge < -0.3 is 9.84 Å². The molecule has 2 aliphatic heterocycles. The first-order valence-electron chi connectivity index (χ1n) is 4.77. The highest BCUT2D eigenvalue weighted by Crippen LogP contribution is 2.25. The predicted molar refractivity (Wildman–Crippen MR) is 46.0 cm³/mol. The Morgan fingerprint density at radius 3 is 2.92 bits per heavy atom. The van der Waals surface area contributed by atoms with E-state index in [0.717, 1.165) is 19.7 Å². The van der Waals surface area contributed by atoms with Crippen LogP contribution in [0.1, 0.15) is 13.3 Å². The fourth-order valence-corrected chi connectivity index (χ4v) is 2.04. The van der Waals surface area contributed by atoms with Crippen LogP contribution in [0.3, 0.4) is 0 Å². The third kappa shape index (κ3) is 1.63. The van der Waals surface area contributed by atoms with Gasteiger partial charge >= 0.3 is 0 Å². The lowest BCUT2D eigenvalue weighted by molar-refractivity contribution is 0.132. The molecule has 0 aromatic rings. The van der Waals surface area contributed by atoms with Crippen molar-refractivity contribution in [3.8, 4) is 0 Å². The molecule has 0 saturated carbocycles. The maximum Gasteiger partial charge on any atom is 0.0936 e. The zero-order chi connectivity index (χ0) is 8.55. The molecule has 0 amide bonds. The Morgan fingerprint density at radius 2 is 2.33 bits per heavy atom. The Bertz CT molecular complexity index is 159. The van der Waals surface area contributed by atoms with Crippen LogP contribution in [0, 0.1) is 5.92 Å². The summed E-state index contributed by atoms with van der Waals surface area (Å²) in [4.78, 5) is 2.36. The molecule has 0 bridgehead atoms. The smallest absolute Gasteiger partial charge is 0.0936 e. The number of hydrogen-bond acceptors (Lipinski definition) is 3. The van der Waals surface area contributed by atoms with Gasteiger partial charge in [0.1, 0.15) is 0 Å². The molecule has 0 aliphatic carbocycles. The second kappa shape index (κ2) is 3.32. The molecule has 0 spiro atoms. The number of nitrogens with zero attached hydrogens (tertiary/aromatic N) is 1. The van der Waals surface area contributed by atoms with E-state index >= 15 is 0 Å². The van der Waals surface area contributed by atoms with Crippen molar-refractivity contribution in [1.29, 1.82) is 0 Å². The van der Waals surface area contributed by atoms with Crippen LogP contribution in [0.25, 0.3) is 0 Å². The van der Waals surface area contributed by atoms with E-state index in [2.05, 4.69) is 11.8 Å². The monoisotopic (exact) mass is 171 g/mol. The number of ether oxygens (including phenoxy) is 1. The number of rotatable bonds is 3. The van der Waals surface area contributed by atoms with Crippen LogP contribution in [-0.4, -0.2) is 48.5 Å². The number of likely N-dealkylation sites (tertiary alicyclic amines) is 1. The molecule has 0 radical (unpaired) electrons. The minimum atomic E-state index is 0.299. The molecule has 3 atom stereocenters. The summed E-state index contributed by atoms with van der Waals surface area (Å²) >= 11 is 0. The van der Waals surface area contributed by atoms with Gasteiger partial charge in [-0.2, -0.15) is 0 Å². The molecule has 12 heavy (non-hydrogen) atoms. The lowest BCUT2D eigenvalue weighted by atomic mass is 10.0. The van der Waals surface area contributed by atoms with E-state index in [1.165, 1.54) is 6.42 Å². The van der Waals surface area contributed by atoms with Gasteiger partial charge in [0.15, 0.2) is 0 Å². The first-order chi connectivity index (χ1) is 5.81. The van der Waals surface area contributed by atoms with Crippen LogP contribution in [0.15, 0.2) is 0 Å². The Kier molecular flexibility index (Phi) is 2.35. The lowest BCUT2D eigenvalue weighted by Gasteiger charge is -2.23. The summed E-state index contributed by atoms with van der Waals surface area (Å²) in [5, 5.41) is 9.16. The summed E-state index contributed by atoms with van der Waals surface area (Å²) in [5.41, 5.74) is 0. The molecule has 2 saturated heterocycles. The first kappa shape index (κ1) is 8.48. The van der Waals surface area contributed by atoms with Crippen molar-refractivity contribution in [2.24, 2.45) is 5.92 Å². The highest BCUT2D eigenvalue weighted by Gasteiger charge is 2.34. The minimum Gasteiger partial charge on any atom is -0.395 e. The highest BCUT2D eigenvalue weighted by molar-refractivity contribution is 4.87. The van der Waals surface area contributed by atoms with Crippen LogP contribution < -0.4 is 0 Å². The van der Waals surface area contributed by atoms with Crippen molar-refractivity contribution in [1.82, 2.24) is 4.90 Å². The standard InChI is InChI=1S/C9H17NO2/c1-7-2-3-10(9(7)5-11)4-8-6-12-8/h7-9,11H,2-6H2,1H3/t7?,8-,9?/m0/s1. The second-order valence-electron chi connectivity index (χ2n) is 3.97. The zero-order valence-electron chi connectivity index (χ0n) is 7.57. The number of aliphatic hydroxyl groups excluding tert-OH is 1. The maximum atomic E-state index is 9.16. The Morgan fingerprint density at radius 1 is 1.58 bits per heavy atom. The van der Waals surface area contributed by atoms with Gasteiger partial charge in [0.2, 0.25) is 0 Å². The van der Waals surface area contributed by atoms with Crippen LogP contribution in [0.2, 0.25) is 0 Å². The van der Waals surface area contributed by atoms with Crippen molar-refractivity contribution in [2.75, 3.05) is 26.3 Å². The van der Waals surface area contributed by atoms with Gasteiger partial charge in [-0.3, -0.25) is 4.90 Å². The normalized spacial score (nSPS) is 42.0. The molecule has 0 aromatic heterocycles. The molecule has 0 aromatic carbocycles. The van der Waals surface area contributed by atoms with E-state index in [4.69, 9.17) is 9.84 Å². The van der Waals surface area contributed by atoms with E-state index < -0.39 is 0 Å². The van der Waals surface area contributed by atoms with Crippen molar-refractivity contribution in [3.63, 3.8) is 0 Å². The zero-order valence-corrected chi connectivity index (χ0v) is 7.57. The average molecular weight is 171 g/mol. The van der Waals surface area contributed by atoms with Gasteiger partial charge in [-0.15, -0.1) is 0 Å². The Balaban J connectivity index is 1.86. The van der Waals surface area contributed by atoms with E-state index in [1.807, 2.05) is 0 Å². The van der Waals surface area contributed by atoms with Gasteiger partial charge in [0, 0.05) is 12.6 Å². The third-order valence-electron chi connectivity index (χ3n) is 3.03. The molecule has 2 unspecified atom stereocenters. The molecule has 2 rings (SSSR count). The van der Waals surface area contributed by atoms with Gasteiger partial charge in [0.05, 0.1) is 19.3 Å². The van der Waals surface area contributed by atoms with Crippen molar-refractivity contribution < 1.29 is 9.84 Å². The minimum absolute atomic E-state index is 0.299. The molecule has 2 aliphatic rings. The van der Waals surface area contributed by atoms with Gasteiger partial charge in [-0.05, 0) is 18.9 Å². The van der Waals surface area contributed by atoms with Crippen molar-refractivity contribution in [2.45, 2.75) is 25.5 Å². The Labute approximate surface area is 73.3 Å². The topological polar surface area (TPSA) is 36.0 Å². The molecule has 2 fully saturated rings. The molecule has 3 heteroatoms. The summed E-state index contributed by atoms with van der Waals surface area (Å²) in [7, 11) is 0. The summed E-state index contributed by atoms with van der Waals surface area (Å²) in [6, 6.07) is 0.384. The van der Waals surface area contributed by atoms with Crippen LogP contribution in [-0.2, 0) is 4.74 Å². The quantitative estimate of drug-likeness (QED) is 0.611. The largest absolute Gasteiger partial charge is 0.395 e. The lowest BCUT2D eigenvalue weighted by Crippen LogP contribution is -2.37. The number of aliphatic hydroxyl groups is 1. The van der Waals surface area contributed by atoms with Gasteiger partial charge in [-0.25, -0.2) is 0 Å². The summed E-state index contributed by atoms with van der Waals surface area (Å²) < 4.78 is 5.18. The molecular formula is C9H17NO2. The first-order valence-corrected chi connectivity index (χ1v) is 4.77. The molecule has 3 nitrogen and oxygen atoms in total. The number of epoxide rings is 1. The van der Waals surface area contributed by atoms with E-state index in [0.29, 0.717) is 24.7 Å². The molecule has 1 N–H and O–H groups in total. The number of hydrogen-bond donors (Lipinski definition) is 1. The maximum absolute atomic E-state index is 9.16. The summed E-state index contributed by atoms with van der Waals surface area (Å²) in [5.74, 6) is 0.647. The molecule has 2 heterocycles.